The summed E-state index contributed by atoms with van der Waals surface area (Å²) in [4.78, 5) is 34.3. The Morgan fingerprint density at radius 3 is 2.52 bits per heavy atom. The van der Waals surface area contributed by atoms with E-state index in [4.69, 9.17) is 14.2 Å². The molecule has 0 saturated heterocycles. The molecular formula is C32H35N3O5. The van der Waals surface area contributed by atoms with E-state index in [0.717, 1.165) is 27.8 Å². The third-order valence-corrected chi connectivity index (χ3v) is 7.03. The lowest BCUT2D eigenvalue weighted by Crippen LogP contribution is -2.44. The zero-order valence-electron chi connectivity index (χ0n) is 23.2. The number of benzene rings is 3. The van der Waals surface area contributed by atoms with Crippen molar-refractivity contribution >= 4 is 22.7 Å². The van der Waals surface area contributed by atoms with Crippen LogP contribution in [0.25, 0.3) is 10.9 Å². The number of ether oxygens (including phenoxy) is 3. The second-order valence-electron chi connectivity index (χ2n) is 10.4. The molecule has 0 fully saturated rings. The van der Waals surface area contributed by atoms with Gasteiger partial charge in [-0.05, 0) is 59.9 Å². The molecule has 0 atom stereocenters. The topological polar surface area (TPSA) is 84.1 Å². The molecule has 8 nitrogen and oxygen atoms in total. The zero-order valence-corrected chi connectivity index (χ0v) is 23.2. The molecule has 2 amide bonds. The van der Waals surface area contributed by atoms with E-state index in [9.17, 15) is 9.59 Å². The van der Waals surface area contributed by atoms with E-state index in [1.807, 2.05) is 67.4 Å². The van der Waals surface area contributed by atoms with Gasteiger partial charge in [-0.2, -0.15) is 0 Å². The number of aromatic nitrogens is 1. The highest BCUT2D eigenvalue weighted by atomic mass is 16.7. The number of fused-ring (bicyclic) bond motifs is 2. The fourth-order valence-corrected chi connectivity index (χ4v) is 4.97. The van der Waals surface area contributed by atoms with E-state index in [0.29, 0.717) is 43.1 Å². The Morgan fingerprint density at radius 2 is 1.75 bits per heavy atom. The van der Waals surface area contributed by atoms with Crippen LogP contribution in [0.5, 0.6) is 17.2 Å². The average Bonchev–Trinajstić information content (AvgIpc) is 3.61. The maximum Gasteiger partial charge on any atom is 0.254 e. The van der Waals surface area contributed by atoms with Crippen molar-refractivity contribution in [3.8, 4) is 17.2 Å². The molecule has 40 heavy (non-hydrogen) atoms. The van der Waals surface area contributed by atoms with Crippen LogP contribution in [-0.2, 0) is 17.8 Å². The number of rotatable bonds is 11. The number of nitrogens with one attached hydrogen (secondary N) is 1. The molecule has 1 aliphatic rings. The van der Waals surface area contributed by atoms with Gasteiger partial charge in [0.05, 0.1) is 7.11 Å². The molecule has 4 aromatic rings. The molecule has 0 aliphatic carbocycles. The van der Waals surface area contributed by atoms with Gasteiger partial charge in [-0.15, -0.1) is 0 Å². The lowest BCUT2D eigenvalue weighted by atomic mass is 10.1. The maximum atomic E-state index is 13.9. The van der Waals surface area contributed by atoms with Crippen LogP contribution in [0.3, 0.4) is 0 Å². The molecule has 8 heteroatoms. The van der Waals surface area contributed by atoms with Gasteiger partial charge in [-0.25, -0.2) is 0 Å². The van der Waals surface area contributed by atoms with Crippen molar-refractivity contribution in [1.29, 1.82) is 0 Å². The molecule has 1 N–H and O–H groups in total. The van der Waals surface area contributed by atoms with Crippen molar-refractivity contribution in [3.05, 3.63) is 89.6 Å². The molecule has 0 spiro atoms. The molecule has 0 saturated carbocycles. The molecule has 208 valence electrons. The SMILES string of the molecule is COc1ccc(CN(CCc2c[nH]c3ccccc23)C(=O)CN(CC(C)C)C(=O)c2ccc3c(c2)OCO3)cc1. The molecule has 0 radical (unpaired) electrons. The quantitative estimate of drug-likeness (QED) is 0.280. The first kappa shape index (κ1) is 27.1. The zero-order chi connectivity index (χ0) is 28.1. The third-order valence-electron chi connectivity index (χ3n) is 7.03. The summed E-state index contributed by atoms with van der Waals surface area (Å²) in [6, 6.07) is 21.0. The van der Waals surface area contributed by atoms with Crippen LogP contribution >= 0.6 is 0 Å². The van der Waals surface area contributed by atoms with E-state index in [-0.39, 0.29) is 31.1 Å². The number of nitrogens with zero attached hydrogens (tertiary/aromatic N) is 2. The van der Waals surface area contributed by atoms with Crippen LogP contribution in [0.1, 0.15) is 35.3 Å². The standard InChI is InChI=1S/C32H35N3O5/c1-22(2)18-35(32(37)24-10-13-29-30(16-24)40-21-39-29)20-31(36)34(19-23-8-11-26(38-3)12-9-23)15-14-25-17-33-28-7-5-4-6-27(25)28/h4-13,16-17,22,33H,14-15,18-21H2,1-3H3. The monoisotopic (exact) mass is 541 g/mol. The molecule has 1 aliphatic heterocycles. The Bertz CT molecular complexity index is 1480. The molecular weight excluding hydrogens is 506 g/mol. The fourth-order valence-electron chi connectivity index (χ4n) is 4.97. The first-order valence-corrected chi connectivity index (χ1v) is 13.6. The average molecular weight is 542 g/mol. The van der Waals surface area contributed by atoms with Crippen LogP contribution in [-0.4, -0.2) is 60.1 Å². The molecule has 0 unspecified atom stereocenters. The van der Waals surface area contributed by atoms with Gasteiger partial charge in [0.15, 0.2) is 11.5 Å². The predicted octanol–water partition coefficient (Wildman–Crippen LogP) is 5.27. The molecule has 0 bridgehead atoms. The minimum Gasteiger partial charge on any atom is -0.497 e. The smallest absolute Gasteiger partial charge is 0.254 e. The van der Waals surface area contributed by atoms with Crippen molar-refractivity contribution < 1.29 is 23.8 Å². The van der Waals surface area contributed by atoms with Crippen molar-refractivity contribution in [1.82, 2.24) is 14.8 Å². The number of amides is 2. The molecule has 3 aromatic carbocycles. The van der Waals surface area contributed by atoms with Crippen LogP contribution < -0.4 is 14.2 Å². The van der Waals surface area contributed by atoms with Gasteiger partial charge >= 0.3 is 0 Å². The number of aromatic amines is 1. The number of para-hydroxylation sites is 1. The second kappa shape index (κ2) is 12.2. The van der Waals surface area contributed by atoms with E-state index in [2.05, 4.69) is 11.1 Å². The first-order chi connectivity index (χ1) is 19.4. The summed E-state index contributed by atoms with van der Waals surface area (Å²) in [6.45, 7) is 5.59. The molecule has 2 heterocycles. The van der Waals surface area contributed by atoms with Crippen molar-refractivity contribution in [2.45, 2.75) is 26.8 Å². The lowest BCUT2D eigenvalue weighted by Gasteiger charge is -2.29. The number of H-pyrrole nitrogens is 1. The molecule has 5 rings (SSSR count). The molecule has 1 aromatic heterocycles. The van der Waals surface area contributed by atoms with Gasteiger partial charge in [0.2, 0.25) is 12.7 Å². The summed E-state index contributed by atoms with van der Waals surface area (Å²) >= 11 is 0. The van der Waals surface area contributed by atoms with Gasteiger partial charge in [0.25, 0.3) is 5.91 Å². The summed E-state index contributed by atoms with van der Waals surface area (Å²) in [5.74, 6) is 1.80. The Morgan fingerprint density at radius 1 is 0.975 bits per heavy atom. The largest absolute Gasteiger partial charge is 0.497 e. The van der Waals surface area contributed by atoms with E-state index < -0.39 is 0 Å². The van der Waals surface area contributed by atoms with Crippen LogP contribution in [0.15, 0.2) is 72.9 Å². The first-order valence-electron chi connectivity index (χ1n) is 13.6. The predicted molar refractivity (Wildman–Crippen MR) is 154 cm³/mol. The van der Waals surface area contributed by atoms with Gasteiger partial charge in [0, 0.05) is 42.3 Å². The highest BCUT2D eigenvalue weighted by molar-refractivity contribution is 5.97. The number of hydrogen-bond donors (Lipinski definition) is 1. The summed E-state index contributed by atoms with van der Waals surface area (Å²) in [7, 11) is 1.63. The number of hydrogen-bond acceptors (Lipinski definition) is 5. The van der Waals surface area contributed by atoms with Crippen LogP contribution in [0.4, 0.5) is 0 Å². The van der Waals surface area contributed by atoms with E-state index >= 15 is 0 Å². The maximum absolute atomic E-state index is 13.9. The van der Waals surface area contributed by atoms with Crippen LogP contribution in [0, 0.1) is 5.92 Å². The van der Waals surface area contributed by atoms with E-state index in [1.165, 1.54) is 0 Å². The summed E-state index contributed by atoms with van der Waals surface area (Å²) in [5.41, 5.74) is 3.69. The third kappa shape index (κ3) is 6.22. The summed E-state index contributed by atoms with van der Waals surface area (Å²) in [6.07, 6.45) is 2.70. The number of carbonyl (C=O) groups is 2. The van der Waals surface area contributed by atoms with Gasteiger partial charge in [-0.1, -0.05) is 44.2 Å². The minimum absolute atomic E-state index is 0.0184. The van der Waals surface area contributed by atoms with Gasteiger partial charge in [0.1, 0.15) is 12.3 Å². The fraction of sp³-hybridized carbons (Fsp3) is 0.312. The van der Waals surface area contributed by atoms with Gasteiger partial charge < -0.3 is 29.0 Å². The normalized spacial score (nSPS) is 12.1. The Kier molecular flexibility index (Phi) is 8.24. The highest BCUT2D eigenvalue weighted by Crippen LogP contribution is 2.33. The summed E-state index contributed by atoms with van der Waals surface area (Å²) in [5, 5.41) is 1.15. The van der Waals surface area contributed by atoms with Crippen molar-refractivity contribution in [3.63, 3.8) is 0 Å². The van der Waals surface area contributed by atoms with E-state index in [1.54, 1.807) is 30.2 Å². The second-order valence-corrected chi connectivity index (χ2v) is 10.4. The minimum atomic E-state index is -0.207. The number of carbonyl (C=O) groups excluding carboxylic acids is 2. The highest BCUT2D eigenvalue weighted by Gasteiger charge is 2.25. The van der Waals surface area contributed by atoms with Gasteiger partial charge in [-0.3, -0.25) is 9.59 Å². The Hall–Kier alpha value is -4.46. The van der Waals surface area contributed by atoms with Crippen LogP contribution in [0.2, 0.25) is 0 Å². The summed E-state index contributed by atoms with van der Waals surface area (Å²) < 4.78 is 16.2. The van der Waals surface area contributed by atoms with Crippen molar-refractivity contribution in [2.75, 3.05) is 33.5 Å². The lowest BCUT2D eigenvalue weighted by molar-refractivity contribution is -0.132. The number of methoxy groups -OCH3 is 1. The van der Waals surface area contributed by atoms with Crippen molar-refractivity contribution in [2.24, 2.45) is 5.92 Å². The Labute approximate surface area is 234 Å². The Balaban J connectivity index is 1.36.